The third-order valence-electron chi connectivity index (χ3n) is 5.39. The Morgan fingerprint density at radius 2 is 1.88 bits per heavy atom. The van der Waals surface area contributed by atoms with Crippen molar-refractivity contribution in [1.82, 2.24) is 10.2 Å². The number of nitrogens with two attached hydrogens (primary N) is 1. The Morgan fingerprint density at radius 1 is 1.12 bits per heavy atom. The minimum absolute atomic E-state index is 0. The molecule has 26 heavy (non-hydrogen) atoms. The Hall–Kier alpha value is -1.59. The Kier molecular flexibility index (Phi) is 7.91. The van der Waals surface area contributed by atoms with E-state index in [1.807, 2.05) is 11.0 Å². The van der Waals surface area contributed by atoms with Crippen LogP contribution in [0.15, 0.2) is 18.2 Å². The van der Waals surface area contributed by atoms with Crippen LogP contribution in [0.2, 0.25) is 0 Å². The lowest BCUT2D eigenvalue weighted by molar-refractivity contribution is -0.121. The molecule has 0 spiro atoms. The minimum atomic E-state index is -0.0331. The molecule has 6 heteroatoms. The molecular formula is C20H30ClN3O2. The number of carbonyl (C=O) groups is 2. The van der Waals surface area contributed by atoms with Gasteiger partial charge < -0.3 is 16.0 Å². The first-order valence-electron chi connectivity index (χ1n) is 9.58. The Bertz CT molecular complexity index is 635. The van der Waals surface area contributed by atoms with Crippen molar-refractivity contribution < 1.29 is 9.59 Å². The average molecular weight is 380 g/mol. The van der Waals surface area contributed by atoms with Crippen LogP contribution in [0, 0.1) is 0 Å². The fraction of sp³-hybridized carbons (Fsp3) is 0.600. The van der Waals surface area contributed by atoms with E-state index >= 15 is 0 Å². The largest absolute Gasteiger partial charge is 0.354 e. The van der Waals surface area contributed by atoms with Gasteiger partial charge in [-0.15, -0.1) is 12.4 Å². The smallest absolute Gasteiger partial charge is 0.254 e. The summed E-state index contributed by atoms with van der Waals surface area (Å²) in [5.74, 6) is 0.0698. The van der Waals surface area contributed by atoms with Crippen molar-refractivity contribution in [2.75, 3.05) is 19.6 Å². The molecule has 0 aromatic heterocycles. The molecule has 144 valence electrons. The maximum Gasteiger partial charge on any atom is 0.254 e. The number of rotatable bonds is 5. The molecule has 2 amide bonds. The highest BCUT2D eigenvalue weighted by atomic mass is 35.5. The predicted octanol–water partition coefficient (Wildman–Crippen LogP) is 2.45. The first-order valence-corrected chi connectivity index (χ1v) is 9.58. The van der Waals surface area contributed by atoms with E-state index in [1.165, 1.54) is 24.0 Å². The van der Waals surface area contributed by atoms with E-state index < -0.39 is 0 Å². The van der Waals surface area contributed by atoms with Crippen LogP contribution in [0.5, 0.6) is 0 Å². The highest BCUT2D eigenvalue weighted by Gasteiger charge is 2.28. The molecule has 0 bridgehead atoms. The van der Waals surface area contributed by atoms with Crippen molar-refractivity contribution in [1.29, 1.82) is 0 Å². The molecule has 1 aliphatic carbocycles. The van der Waals surface area contributed by atoms with E-state index in [-0.39, 0.29) is 30.3 Å². The molecule has 1 aliphatic heterocycles. The van der Waals surface area contributed by atoms with Gasteiger partial charge in [-0.25, -0.2) is 0 Å². The topological polar surface area (TPSA) is 75.4 Å². The van der Waals surface area contributed by atoms with Gasteiger partial charge in [-0.1, -0.05) is 6.07 Å². The number of carbonyl (C=O) groups excluding carboxylic acids is 2. The fourth-order valence-electron chi connectivity index (χ4n) is 3.96. The van der Waals surface area contributed by atoms with Crippen molar-refractivity contribution in [2.45, 2.75) is 57.4 Å². The van der Waals surface area contributed by atoms with Crippen LogP contribution in [0.4, 0.5) is 0 Å². The standard InChI is InChI=1S/C20H29N3O2.ClH/c21-11-10-19(24)22-14-18-7-3-4-12-23(18)20(25)17-9-8-15-5-1-2-6-16(15)13-17;/h8-9,13,18H,1-7,10-12,14,21H2,(H,22,24);1H. The summed E-state index contributed by atoms with van der Waals surface area (Å²) in [5, 5.41) is 2.93. The molecule has 1 fully saturated rings. The van der Waals surface area contributed by atoms with Crippen LogP contribution in [-0.4, -0.2) is 42.4 Å². The number of benzene rings is 1. The van der Waals surface area contributed by atoms with Gasteiger partial charge >= 0.3 is 0 Å². The Balaban J connectivity index is 0.00000243. The SMILES string of the molecule is Cl.NCCC(=O)NCC1CCCCN1C(=O)c1ccc2c(c1)CCCC2. The van der Waals surface area contributed by atoms with Crippen molar-refractivity contribution in [2.24, 2.45) is 5.73 Å². The second kappa shape index (κ2) is 9.93. The number of halogens is 1. The number of nitrogens with zero attached hydrogens (tertiary/aromatic N) is 1. The summed E-state index contributed by atoms with van der Waals surface area (Å²) in [6, 6.07) is 6.28. The molecule has 1 saturated heterocycles. The first-order chi connectivity index (χ1) is 12.2. The second-order valence-electron chi connectivity index (χ2n) is 7.18. The van der Waals surface area contributed by atoms with Crippen LogP contribution < -0.4 is 11.1 Å². The van der Waals surface area contributed by atoms with Gasteiger partial charge in [0.05, 0.1) is 0 Å². The van der Waals surface area contributed by atoms with Crippen LogP contribution in [0.25, 0.3) is 0 Å². The number of nitrogens with one attached hydrogen (secondary N) is 1. The van der Waals surface area contributed by atoms with Crippen molar-refractivity contribution in [3.63, 3.8) is 0 Å². The summed E-state index contributed by atoms with van der Waals surface area (Å²) < 4.78 is 0. The summed E-state index contributed by atoms with van der Waals surface area (Å²) >= 11 is 0. The molecule has 1 aromatic rings. The summed E-state index contributed by atoms with van der Waals surface area (Å²) in [5.41, 5.74) is 8.94. The van der Waals surface area contributed by atoms with E-state index in [4.69, 9.17) is 5.73 Å². The third kappa shape index (κ3) is 4.98. The third-order valence-corrected chi connectivity index (χ3v) is 5.39. The van der Waals surface area contributed by atoms with Gasteiger partial charge in [0.15, 0.2) is 0 Å². The molecule has 1 atom stereocenters. The van der Waals surface area contributed by atoms with Crippen molar-refractivity contribution >= 4 is 24.2 Å². The molecule has 5 nitrogen and oxygen atoms in total. The number of aryl methyl sites for hydroxylation is 2. The summed E-state index contributed by atoms with van der Waals surface area (Å²) in [4.78, 5) is 26.7. The maximum atomic E-state index is 13.1. The highest BCUT2D eigenvalue weighted by molar-refractivity contribution is 5.95. The highest BCUT2D eigenvalue weighted by Crippen LogP contribution is 2.25. The monoisotopic (exact) mass is 379 g/mol. The number of piperidine rings is 1. The zero-order chi connectivity index (χ0) is 17.6. The summed E-state index contributed by atoms with van der Waals surface area (Å²) in [7, 11) is 0. The van der Waals surface area contributed by atoms with E-state index in [0.717, 1.165) is 44.2 Å². The van der Waals surface area contributed by atoms with Crippen LogP contribution in [-0.2, 0) is 17.6 Å². The van der Waals surface area contributed by atoms with Gasteiger partial charge in [-0.05, 0) is 68.2 Å². The normalized spacial score (nSPS) is 19.3. The van der Waals surface area contributed by atoms with Gasteiger partial charge in [-0.3, -0.25) is 9.59 Å². The molecule has 3 N–H and O–H groups in total. The predicted molar refractivity (Wildman–Crippen MR) is 106 cm³/mol. The average Bonchev–Trinajstić information content (AvgIpc) is 2.66. The van der Waals surface area contributed by atoms with Gasteiger partial charge in [0.2, 0.25) is 5.91 Å². The minimum Gasteiger partial charge on any atom is -0.354 e. The lowest BCUT2D eigenvalue weighted by Gasteiger charge is -2.36. The number of amides is 2. The lowest BCUT2D eigenvalue weighted by atomic mass is 9.90. The molecule has 1 aromatic carbocycles. The van der Waals surface area contributed by atoms with E-state index in [9.17, 15) is 9.59 Å². The number of fused-ring (bicyclic) bond motifs is 1. The van der Waals surface area contributed by atoms with Gasteiger partial charge in [0.1, 0.15) is 0 Å². The van der Waals surface area contributed by atoms with Gasteiger partial charge in [0.25, 0.3) is 5.91 Å². The van der Waals surface area contributed by atoms with E-state index in [1.54, 1.807) is 0 Å². The maximum absolute atomic E-state index is 13.1. The van der Waals surface area contributed by atoms with E-state index in [2.05, 4.69) is 17.4 Å². The molecule has 0 saturated carbocycles. The van der Waals surface area contributed by atoms with Crippen molar-refractivity contribution in [3.8, 4) is 0 Å². The Morgan fingerprint density at radius 3 is 2.65 bits per heavy atom. The van der Waals surface area contributed by atoms with Gasteiger partial charge in [0, 0.05) is 37.7 Å². The molecule has 3 rings (SSSR count). The number of hydrogen-bond donors (Lipinski definition) is 2. The molecule has 1 unspecified atom stereocenters. The number of hydrogen-bond acceptors (Lipinski definition) is 3. The number of likely N-dealkylation sites (tertiary alicyclic amines) is 1. The molecular weight excluding hydrogens is 350 g/mol. The van der Waals surface area contributed by atoms with Crippen LogP contribution in [0.3, 0.4) is 0 Å². The zero-order valence-electron chi connectivity index (χ0n) is 15.3. The quantitative estimate of drug-likeness (QED) is 0.825. The van der Waals surface area contributed by atoms with Gasteiger partial charge in [-0.2, -0.15) is 0 Å². The molecule has 2 aliphatic rings. The summed E-state index contributed by atoms with van der Waals surface area (Å²) in [6.07, 6.45) is 8.08. The van der Waals surface area contributed by atoms with Crippen LogP contribution in [0.1, 0.15) is 60.0 Å². The first kappa shape index (κ1) is 20.7. The summed E-state index contributed by atoms with van der Waals surface area (Å²) in [6.45, 7) is 1.65. The zero-order valence-corrected chi connectivity index (χ0v) is 16.2. The van der Waals surface area contributed by atoms with E-state index in [0.29, 0.717) is 19.5 Å². The van der Waals surface area contributed by atoms with Crippen molar-refractivity contribution in [3.05, 3.63) is 34.9 Å². The fourth-order valence-corrected chi connectivity index (χ4v) is 3.96. The second-order valence-corrected chi connectivity index (χ2v) is 7.18. The Labute approximate surface area is 162 Å². The lowest BCUT2D eigenvalue weighted by Crippen LogP contribution is -2.49. The molecule has 0 radical (unpaired) electrons. The molecule has 1 heterocycles. The van der Waals surface area contributed by atoms with Crippen LogP contribution >= 0.6 is 12.4 Å².